The van der Waals surface area contributed by atoms with Gasteiger partial charge < -0.3 is 9.67 Å². The fourth-order valence-electron chi connectivity index (χ4n) is 7.53. The fourth-order valence-corrected chi connectivity index (χ4v) is 7.53. The number of hydrogen-bond donors (Lipinski definition) is 1. The molecular weight excluding hydrogens is 691 g/mol. The zero-order valence-electron chi connectivity index (χ0n) is 34.0. The standard InChI is InChI=1S/C55H55NO/c1-6-9-11-12-16-27-45-34-35-47(39-52(45)42(5)41(4)43(8-3)24-17-14-20-31-50(57)30-15-10-7-2)48-36-37-55-53(40-48)51-32-21-22-33-54(51)56(55)49-29-23-28-46(38-49)44-25-18-13-19-26-44/h7-26,28-42,57H,6,27H2,1-5H3/b10-7-,11-9-,16-12-,20-14+,24-17-,30-15-,43-8+,50-31-. The van der Waals surface area contributed by atoms with Gasteiger partial charge in [-0.1, -0.05) is 179 Å². The van der Waals surface area contributed by atoms with Crippen LogP contribution in [0.15, 0.2) is 212 Å². The summed E-state index contributed by atoms with van der Waals surface area (Å²) in [6.07, 6.45) is 30.0. The summed E-state index contributed by atoms with van der Waals surface area (Å²) in [7, 11) is 0. The minimum Gasteiger partial charge on any atom is -0.508 e. The third kappa shape index (κ3) is 9.90. The molecule has 2 unspecified atom stereocenters. The third-order valence-corrected chi connectivity index (χ3v) is 10.8. The first-order valence-electron chi connectivity index (χ1n) is 20.3. The Morgan fingerprint density at radius 1 is 0.614 bits per heavy atom. The highest BCUT2D eigenvalue weighted by molar-refractivity contribution is 6.10. The molecule has 2 heteroatoms. The molecule has 0 aliphatic carbocycles. The molecule has 0 fully saturated rings. The molecule has 0 aliphatic heterocycles. The van der Waals surface area contributed by atoms with E-state index in [0.29, 0.717) is 0 Å². The van der Waals surface area contributed by atoms with Gasteiger partial charge in [0, 0.05) is 16.5 Å². The number of fused-ring (bicyclic) bond motifs is 3. The number of rotatable bonds is 15. The van der Waals surface area contributed by atoms with Crippen molar-refractivity contribution in [1.29, 1.82) is 0 Å². The molecule has 0 radical (unpaired) electrons. The Hall–Kier alpha value is -6.38. The van der Waals surface area contributed by atoms with Crippen LogP contribution >= 0.6 is 0 Å². The monoisotopic (exact) mass is 745 g/mol. The minimum atomic E-state index is 0.219. The van der Waals surface area contributed by atoms with Gasteiger partial charge in [-0.25, -0.2) is 0 Å². The van der Waals surface area contributed by atoms with Crippen molar-refractivity contribution in [3.8, 4) is 27.9 Å². The molecule has 0 bridgehead atoms. The van der Waals surface area contributed by atoms with Crippen LogP contribution in [0.3, 0.4) is 0 Å². The van der Waals surface area contributed by atoms with Gasteiger partial charge in [0.15, 0.2) is 0 Å². The molecule has 0 aliphatic rings. The van der Waals surface area contributed by atoms with Crippen molar-refractivity contribution < 1.29 is 5.11 Å². The maximum Gasteiger partial charge on any atom is 0.115 e. The Kier molecular flexibility index (Phi) is 14.1. The number of para-hydroxylation sites is 1. The summed E-state index contributed by atoms with van der Waals surface area (Å²) in [5, 5.41) is 12.6. The molecule has 6 rings (SSSR count). The molecule has 286 valence electrons. The maximum atomic E-state index is 10.1. The van der Waals surface area contributed by atoms with E-state index in [4.69, 9.17) is 0 Å². The van der Waals surface area contributed by atoms with Crippen LogP contribution in [0.5, 0.6) is 0 Å². The Morgan fingerprint density at radius 2 is 1.32 bits per heavy atom. The lowest BCUT2D eigenvalue weighted by molar-refractivity contribution is 0.432. The smallest absolute Gasteiger partial charge is 0.115 e. The highest BCUT2D eigenvalue weighted by Gasteiger charge is 2.21. The van der Waals surface area contributed by atoms with E-state index >= 15 is 0 Å². The van der Waals surface area contributed by atoms with Gasteiger partial charge in [-0.2, -0.15) is 0 Å². The van der Waals surface area contributed by atoms with Gasteiger partial charge in [-0.3, -0.25) is 0 Å². The molecule has 5 aromatic carbocycles. The van der Waals surface area contributed by atoms with E-state index < -0.39 is 0 Å². The minimum absolute atomic E-state index is 0.219. The number of allylic oxidation sites excluding steroid dienone is 15. The van der Waals surface area contributed by atoms with Crippen LogP contribution in [0.4, 0.5) is 0 Å². The normalized spacial score (nSPS) is 14.3. The van der Waals surface area contributed by atoms with E-state index in [0.717, 1.165) is 18.5 Å². The average molecular weight is 746 g/mol. The first-order chi connectivity index (χ1) is 27.9. The van der Waals surface area contributed by atoms with Crippen LogP contribution in [-0.2, 0) is 6.42 Å². The summed E-state index contributed by atoms with van der Waals surface area (Å²) < 4.78 is 2.40. The molecule has 2 atom stereocenters. The topological polar surface area (TPSA) is 25.2 Å². The van der Waals surface area contributed by atoms with Crippen molar-refractivity contribution in [2.75, 3.05) is 0 Å². The molecule has 0 spiro atoms. The number of aromatic nitrogens is 1. The lowest BCUT2D eigenvalue weighted by Gasteiger charge is -2.25. The number of aliphatic hydroxyl groups excluding tert-OH is 1. The van der Waals surface area contributed by atoms with Gasteiger partial charge in [0.2, 0.25) is 0 Å². The van der Waals surface area contributed by atoms with Crippen LogP contribution in [-0.4, -0.2) is 9.67 Å². The highest BCUT2D eigenvalue weighted by atomic mass is 16.3. The van der Waals surface area contributed by atoms with Crippen LogP contribution in [0.2, 0.25) is 0 Å². The van der Waals surface area contributed by atoms with Crippen molar-refractivity contribution >= 4 is 21.8 Å². The quantitative estimate of drug-likeness (QED) is 0.0822. The fraction of sp³-hybridized carbons (Fsp3) is 0.164. The zero-order chi connectivity index (χ0) is 40.0. The molecule has 0 amide bonds. The number of nitrogens with zero attached hydrogens (tertiary/aromatic N) is 1. The van der Waals surface area contributed by atoms with E-state index in [9.17, 15) is 5.11 Å². The summed E-state index contributed by atoms with van der Waals surface area (Å²) in [6.45, 7) is 10.9. The molecular formula is C55H55NO. The SMILES string of the molecule is C\C=C/C=C\C(O)=C\C=C\C=C/C(=C\C)C(C)C(C)c1cc(-c2ccc3c(c2)c2ccccc2n3-c2cccc(-c3ccccc3)c2)ccc1C/C=C\C=C/CC. The number of aliphatic hydroxyl groups is 1. The Bertz CT molecular complexity index is 2530. The Balaban J connectivity index is 1.36. The summed E-state index contributed by atoms with van der Waals surface area (Å²) in [5.41, 5.74) is 12.4. The predicted octanol–water partition coefficient (Wildman–Crippen LogP) is 15.6. The molecule has 57 heavy (non-hydrogen) atoms. The zero-order valence-corrected chi connectivity index (χ0v) is 34.0. The van der Waals surface area contributed by atoms with E-state index in [1.807, 2.05) is 37.3 Å². The largest absolute Gasteiger partial charge is 0.508 e. The van der Waals surface area contributed by atoms with Crippen LogP contribution in [0, 0.1) is 5.92 Å². The number of benzene rings is 5. The van der Waals surface area contributed by atoms with Gasteiger partial charge in [-0.05, 0) is 120 Å². The van der Waals surface area contributed by atoms with Gasteiger partial charge >= 0.3 is 0 Å². The van der Waals surface area contributed by atoms with E-state index in [1.165, 1.54) is 60.8 Å². The molecule has 6 aromatic rings. The molecule has 0 saturated heterocycles. The predicted molar refractivity (Wildman–Crippen MR) is 248 cm³/mol. The van der Waals surface area contributed by atoms with Crippen molar-refractivity contribution in [2.24, 2.45) is 5.92 Å². The molecule has 0 saturated carbocycles. The maximum absolute atomic E-state index is 10.1. The molecule has 1 heterocycles. The second-order valence-corrected chi connectivity index (χ2v) is 14.5. The lowest BCUT2D eigenvalue weighted by atomic mass is 9.80. The summed E-state index contributed by atoms with van der Waals surface area (Å²) in [5.74, 6) is 0.760. The van der Waals surface area contributed by atoms with Crippen molar-refractivity contribution in [3.05, 3.63) is 223 Å². The summed E-state index contributed by atoms with van der Waals surface area (Å²) in [6, 6.07) is 42.3. The van der Waals surface area contributed by atoms with Crippen molar-refractivity contribution in [1.82, 2.24) is 4.57 Å². The third-order valence-electron chi connectivity index (χ3n) is 10.8. The van der Waals surface area contributed by atoms with Crippen LogP contribution in [0.1, 0.15) is 58.1 Å². The lowest BCUT2D eigenvalue weighted by Crippen LogP contribution is -2.11. The summed E-state index contributed by atoms with van der Waals surface area (Å²) in [4.78, 5) is 0. The summed E-state index contributed by atoms with van der Waals surface area (Å²) >= 11 is 0. The van der Waals surface area contributed by atoms with Gasteiger partial charge in [0.25, 0.3) is 0 Å². The average Bonchev–Trinajstić information content (AvgIpc) is 3.58. The highest BCUT2D eigenvalue weighted by Crippen LogP contribution is 2.38. The Labute approximate surface area is 340 Å². The molecule has 1 aromatic heterocycles. The Morgan fingerprint density at radius 3 is 2.12 bits per heavy atom. The number of hydrogen-bond acceptors (Lipinski definition) is 1. The second-order valence-electron chi connectivity index (χ2n) is 14.5. The van der Waals surface area contributed by atoms with Gasteiger partial charge in [-0.15, -0.1) is 0 Å². The van der Waals surface area contributed by atoms with Crippen molar-refractivity contribution in [2.45, 2.75) is 53.4 Å². The van der Waals surface area contributed by atoms with Crippen molar-refractivity contribution in [3.63, 3.8) is 0 Å². The van der Waals surface area contributed by atoms with Crippen LogP contribution < -0.4 is 0 Å². The molecule has 1 N–H and O–H groups in total. The van der Waals surface area contributed by atoms with Gasteiger partial charge in [0.05, 0.1) is 11.0 Å². The van der Waals surface area contributed by atoms with Gasteiger partial charge in [0.1, 0.15) is 5.76 Å². The first kappa shape index (κ1) is 40.3. The first-order valence-corrected chi connectivity index (χ1v) is 20.3. The van der Waals surface area contributed by atoms with E-state index in [1.54, 1.807) is 12.2 Å². The van der Waals surface area contributed by atoms with E-state index in [-0.39, 0.29) is 17.6 Å². The molecule has 2 nitrogen and oxygen atoms in total. The second kappa shape index (κ2) is 20.0. The van der Waals surface area contributed by atoms with E-state index in [2.05, 4.69) is 190 Å². The van der Waals surface area contributed by atoms with Crippen LogP contribution in [0.25, 0.3) is 49.7 Å².